The van der Waals surface area contributed by atoms with Gasteiger partial charge < -0.3 is 79.9 Å². The van der Waals surface area contributed by atoms with Crippen LogP contribution in [0.3, 0.4) is 0 Å². The maximum atomic E-state index is 11.4. The molecular weight excluding hydrogens is 472 g/mol. The highest BCUT2D eigenvalue weighted by molar-refractivity contribution is 5.57. The standard InChI is InChI=1S/C18H32O16/c19-1-6(33-18-16(30)14(28)12(26)8(3-21)34-18)10(24)9(23)5(22)4-31-17-15(29)13(27)11(25)7(2-20)32-17/h1,5-18,20-30H,2-4H2/t5-,6+,7-,8-,9-,10-,11-,12-,13+,14+,15-,16-,17+,18+/m1/s1. The highest BCUT2D eigenvalue weighted by atomic mass is 16.7. The number of rotatable bonds is 11. The van der Waals surface area contributed by atoms with E-state index in [1.54, 1.807) is 0 Å². The van der Waals surface area contributed by atoms with E-state index in [2.05, 4.69) is 0 Å². The van der Waals surface area contributed by atoms with Crippen molar-refractivity contribution < 1.29 is 79.9 Å². The molecule has 0 unspecified atom stereocenters. The maximum Gasteiger partial charge on any atom is 0.187 e. The van der Waals surface area contributed by atoms with Gasteiger partial charge in [0.15, 0.2) is 18.9 Å². The molecule has 2 aliphatic rings. The monoisotopic (exact) mass is 504 g/mol. The molecule has 0 aliphatic carbocycles. The quantitative estimate of drug-likeness (QED) is 0.117. The van der Waals surface area contributed by atoms with Crippen LogP contribution in [0.15, 0.2) is 0 Å². The van der Waals surface area contributed by atoms with Gasteiger partial charge in [0, 0.05) is 0 Å². The molecular formula is C18H32O16. The Morgan fingerprint density at radius 2 is 1.18 bits per heavy atom. The summed E-state index contributed by atoms with van der Waals surface area (Å²) in [7, 11) is 0. The third kappa shape index (κ3) is 6.44. The van der Waals surface area contributed by atoms with Gasteiger partial charge >= 0.3 is 0 Å². The maximum absolute atomic E-state index is 11.4. The zero-order chi connectivity index (χ0) is 25.7. The number of carbonyl (C=O) groups is 1. The van der Waals surface area contributed by atoms with Crippen molar-refractivity contribution in [2.45, 2.75) is 85.8 Å². The van der Waals surface area contributed by atoms with Crippen molar-refractivity contribution in [3.63, 3.8) is 0 Å². The predicted molar refractivity (Wildman–Crippen MR) is 102 cm³/mol. The van der Waals surface area contributed by atoms with E-state index in [9.17, 15) is 55.9 Å². The second kappa shape index (κ2) is 12.9. The average Bonchev–Trinajstić information content (AvgIpc) is 2.84. The largest absolute Gasteiger partial charge is 0.394 e. The highest BCUT2D eigenvalue weighted by Gasteiger charge is 2.47. The summed E-state index contributed by atoms with van der Waals surface area (Å²) in [6, 6.07) is 0. The Hall–Kier alpha value is -0.930. The van der Waals surface area contributed by atoms with Gasteiger partial charge in [0.2, 0.25) is 0 Å². The summed E-state index contributed by atoms with van der Waals surface area (Å²) in [4.78, 5) is 11.4. The summed E-state index contributed by atoms with van der Waals surface area (Å²) in [5, 5.41) is 108. The van der Waals surface area contributed by atoms with Crippen LogP contribution in [0.25, 0.3) is 0 Å². The number of aliphatic hydroxyl groups excluding tert-OH is 11. The van der Waals surface area contributed by atoms with Gasteiger partial charge in [-0.05, 0) is 0 Å². The summed E-state index contributed by atoms with van der Waals surface area (Å²) in [6.45, 7) is -2.34. The Balaban J connectivity index is 1.95. The van der Waals surface area contributed by atoms with Gasteiger partial charge in [-0.25, -0.2) is 0 Å². The Labute approximate surface area is 192 Å². The van der Waals surface area contributed by atoms with E-state index in [1.807, 2.05) is 0 Å². The molecule has 0 aromatic heterocycles. The van der Waals surface area contributed by atoms with E-state index in [0.717, 1.165) is 0 Å². The molecule has 16 nitrogen and oxygen atoms in total. The van der Waals surface area contributed by atoms with Crippen LogP contribution in [0.4, 0.5) is 0 Å². The average molecular weight is 504 g/mol. The number of carbonyl (C=O) groups excluding carboxylic acids is 1. The van der Waals surface area contributed by atoms with Crippen molar-refractivity contribution in [3.05, 3.63) is 0 Å². The molecule has 11 N–H and O–H groups in total. The zero-order valence-corrected chi connectivity index (χ0v) is 17.7. The predicted octanol–water partition coefficient (Wildman–Crippen LogP) is -7.73. The van der Waals surface area contributed by atoms with Crippen molar-refractivity contribution in [2.75, 3.05) is 19.8 Å². The SMILES string of the molecule is O=C[C@H](O[C@H]1O[C@H](CO)[C@@H](O)[C@H](O)[C@H]1O)[C@@H](O)[C@H](O)[C@H](O)CO[C@H]1O[C@H](CO)[C@@H](O)[C@H](O)[C@H]1O. The molecule has 2 rings (SSSR count). The van der Waals surface area contributed by atoms with Crippen LogP contribution in [0.5, 0.6) is 0 Å². The second-order valence-corrected chi connectivity index (χ2v) is 8.01. The number of ether oxygens (including phenoxy) is 4. The molecule has 14 atom stereocenters. The van der Waals surface area contributed by atoms with Crippen molar-refractivity contribution in [3.8, 4) is 0 Å². The molecule has 200 valence electrons. The summed E-state index contributed by atoms with van der Waals surface area (Å²) in [5.74, 6) is 0. The molecule has 0 aromatic rings. The third-order valence-corrected chi connectivity index (χ3v) is 5.63. The molecule has 2 fully saturated rings. The van der Waals surface area contributed by atoms with E-state index < -0.39 is 106 Å². The first-order chi connectivity index (χ1) is 16.0. The van der Waals surface area contributed by atoms with Crippen LogP contribution in [0.2, 0.25) is 0 Å². The molecule has 0 bridgehead atoms. The van der Waals surface area contributed by atoms with Gasteiger partial charge in [-0.3, -0.25) is 0 Å². The minimum atomic E-state index is -2.14. The fraction of sp³-hybridized carbons (Fsp3) is 0.944. The van der Waals surface area contributed by atoms with Gasteiger partial charge in [0.25, 0.3) is 0 Å². The highest BCUT2D eigenvalue weighted by Crippen LogP contribution is 2.25. The topological polar surface area (TPSA) is 277 Å². The number of hydrogen-bond acceptors (Lipinski definition) is 16. The minimum absolute atomic E-state index is 0.000499. The van der Waals surface area contributed by atoms with Gasteiger partial charge in [-0.1, -0.05) is 0 Å². The molecule has 2 saturated heterocycles. The summed E-state index contributed by atoms with van der Waals surface area (Å²) >= 11 is 0. The van der Waals surface area contributed by atoms with Gasteiger partial charge in [0.1, 0.15) is 73.2 Å². The first kappa shape index (κ1) is 29.3. The first-order valence-corrected chi connectivity index (χ1v) is 10.4. The molecule has 2 heterocycles. The minimum Gasteiger partial charge on any atom is -0.394 e. The van der Waals surface area contributed by atoms with E-state index >= 15 is 0 Å². The Morgan fingerprint density at radius 1 is 0.706 bits per heavy atom. The molecule has 0 amide bonds. The van der Waals surface area contributed by atoms with Crippen LogP contribution < -0.4 is 0 Å². The lowest BCUT2D eigenvalue weighted by Gasteiger charge is -2.41. The van der Waals surface area contributed by atoms with Crippen LogP contribution >= 0.6 is 0 Å². The Kier molecular flexibility index (Phi) is 11.1. The van der Waals surface area contributed by atoms with E-state index in [0.29, 0.717) is 0 Å². The lowest BCUT2D eigenvalue weighted by atomic mass is 9.99. The van der Waals surface area contributed by atoms with Crippen LogP contribution in [0.1, 0.15) is 0 Å². The van der Waals surface area contributed by atoms with E-state index in [-0.39, 0.29) is 6.29 Å². The van der Waals surface area contributed by atoms with E-state index in [4.69, 9.17) is 24.1 Å². The van der Waals surface area contributed by atoms with Crippen molar-refractivity contribution in [2.24, 2.45) is 0 Å². The smallest absolute Gasteiger partial charge is 0.187 e. The summed E-state index contributed by atoms with van der Waals surface area (Å²) in [6.07, 6.45) is -24.8. The number of aldehydes is 1. The second-order valence-electron chi connectivity index (χ2n) is 8.01. The Bertz CT molecular complexity index is 621. The lowest BCUT2D eigenvalue weighted by Crippen LogP contribution is -2.61. The molecule has 0 radical (unpaired) electrons. The van der Waals surface area contributed by atoms with Crippen molar-refractivity contribution in [1.82, 2.24) is 0 Å². The third-order valence-electron chi connectivity index (χ3n) is 5.63. The van der Waals surface area contributed by atoms with Crippen LogP contribution in [-0.2, 0) is 23.7 Å². The fourth-order valence-corrected chi connectivity index (χ4v) is 3.45. The van der Waals surface area contributed by atoms with Gasteiger partial charge in [-0.2, -0.15) is 0 Å². The number of aliphatic hydroxyl groups is 11. The first-order valence-electron chi connectivity index (χ1n) is 10.4. The molecule has 34 heavy (non-hydrogen) atoms. The fourth-order valence-electron chi connectivity index (χ4n) is 3.45. The van der Waals surface area contributed by atoms with Crippen LogP contribution in [-0.4, -0.2) is 168 Å². The van der Waals surface area contributed by atoms with E-state index in [1.165, 1.54) is 0 Å². The van der Waals surface area contributed by atoms with Crippen LogP contribution in [0, 0.1) is 0 Å². The van der Waals surface area contributed by atoms with Gasteiger partial charge in [-0.15, -0.1) is 0 Å². The number of hydrogen-bond donors (Lipinski definition) is 11. The summed E-state index contributed by atoms with van der Waals surface area (Å²) in [5.41, 5.74) is 0. The van der Waals surface area contributed by atoms with Gasteiger partial charge in [0.05, 0.1) is 19.8 Å². The molecule has 16 heteroatoms. The molecule has 0 saturated carbocycles. The van der Waals surface area contributed by atoms with Crippen molar-refractivity contribution in [1.29, 1.82) is 0 Å². The molecule has 2 aliphatic heterocycles. The van der Waals surface area contributed by atoms with Crippen molar-refractivity contribution >= 4 is 6.29 Å². The molecule has 0 aromatic carbocycles. The summed E-state index contributed by atoms with van der Waals surface area (Å²) < 4.78 is 20.2. The zero-order valence-electron chi connectivity index (χ0n) is 17.7. The normalized spacial score (nSPS) is 42.6. The Morgan fingerprint density at radius 3 is 1.65 bits per heavy atom. The lowest BCUT2D eigenvalue weighted by molar-refractivity contribution is -0.317. The molecule has 0 spiro atoms.